The van der Waals surface area contributed by atoms with Gasteiger partial charge in [0, 0.05) is 22.2 Å². The second-order valence-corrected chi connectivity index (χ2v) is 8.21. The minimum absolute atomic E-state index is 0.0695. The van der Waals surface area contributed by atoms with E-state index in [0.717, 1.165) is 5.56 Å². The lowest BCUT2D eigenvalue weighted by Gasteiger charge is -2.10. The quantitative estimate of drug-likeness (QED) is 0.276. The third-order valence-corrected chi connectivity index (χ3v) is 5.82. The molecule has 5 aromatic rings. The van der Waals surface area contributed by atoms with E-state index in [-0.39, 0.29) is 11.7 Å². The fourth-order valence-electron chi connectivity index (χ4n) is 3.79. The van der Waals surface area contributed by atoms with E-state index in [1.807, 2.05) is 54.6 Å². The number of aromatic nitrogens is 1. The van der Waals surface area contributed by atoms with Crippen molar-refractivity contribution in [1.82, 2.24) is 4.98 Å². The van der Waals surface area contributed by atoms with Crippen molar-refractivity contribution in [3.05, 3.63) is 107 Å². The largest absolute Gasteiger partial charge is 0.454 e. The molecule has 3 aromatic carbocycles. The first-order chi connectivity index (χ1) is 16.5. The second-order valence-electron chi connectivity index (χ2n) is 7.81. The molecule has 34 heavy (non-hydrogen) atoms. The van der Waals surface area contributed by atoms with Crippen LogP contribution in [0.3, 0.4) is 0 Å². The molecule has 0 spiro atoms. The monoisotopic (exact) mass is 466 g/mol. The minimum Gasteiger partial charge on any atom is -0.454 e. The zero-order valence-electron chi connectivity index (χ0n) is 18.2. The van der Waals surface area contributed by atoms with Crippen LogP contribution in [-0.2, 0) is 0 Å². The van der Waals surface area contributed by atoms with Crippen LogP contribution >= 0.6 is 11.6 Å². The van der Waals surface area contributed by atoms with Gasteiger partial charge in [0.1, 0.15) is 11.5 Å². The summed E-state index contributed by atoms with van der Waals surface area (Å²) < 4.78 is 6.06. The molecule has 0 aliphatic rings. The van der Waals surface area contributed by atoms with E-state index < -0.39 is 0 Å². The maximum absolute atomic E-state index is 13.3. The Bertz CT molecular complexity index is 1550. The van der Waals surface area contributed by atoms with Gasteiger partial charge in [-0.3, -0.25) is 9.59 Å². The highest BCUT2D eigenvalue weighted by molar-refractivity contribution is 6.33. The number of carbonyl (C=O) groups excluding carboxylic acids is 2. The standard InChI is InChI=1S/C28H19ClN2O3/c1-17(32)18-7-6-8-19(15-18)30-28(33)22-16-25(31-24-12-5-3-9-20(22)24)27-14-13-26(34-27)21-10-2-4-11-23(21)29/h2-16H,1H3,(H,30,33). The Labute approximate surface area is 201 Å². The van der Waals surface area contributed by atoms with Crippen LogP contribution < -0.4 is 5.32 Å². The Morgan fingerprint density at radius 3 is 2.44 bits per heavy atom. The molecule has 5 nitrogen and oxygen atoms in total. The van der Waals surface area contributed by atoms with Gasteiger partial charge in [-0.2, -0.15) is 0 Å². The summed E-state index contributed by atoms with van der Waals surface area (Å²) in [6.45, 7) is 1.49. The molecule has 1 N–H and O–H groups in total. The van der Waals surface area contributed by atoms with Gasteiger partial charge in [-0.05, 0) is 55.5 Å². The van der Waals surface area contributed by atoms with Crippen molar-refractivity contribution in [2.45, 2.75) is 6.92 Å². The van der Waals surface area contributed by atoms with Gasteiger partial charge >= 0.3 is 0 Å². The maximum atomic E-state index is 13.3. The molecule has 2 aromatic heterocycles. The van der Waals surface area contributed by atoms with Gasteiger partial charge in [0.2, 0.25) is 0 Å². The summed E-state index contributed by atoms with van der Waals surface area (Å²) in [5.41, 5.74) is 3.49. The summed E-state index contributed by atoms with van der Waals surface area (Å²) in [4.78, 5) is 29.7. The van der Waals surface area contributed by atoms with Crippen LogP contribution in [0.15, 0.2) is 95.4 Å². The average Bonchev–Trinajstić information content (AvgIpc) is 3.34. The number of hydrogen-bond donors (Lipinski definition) is 1. The van der Waals surface area contributed by atoms with Crippen molar-refractivity contribution in [1.29, 1.82) is 0 Å². The topological polar surface area (TPSA) is 72.2 Å². The van der Waals surface area contributed by atoms with E-state index in [0.29, 0.717) is 50.0 Å². The summed E-state index contributed by atoms with van der Waals surface area (Å²) in [5.74, 6) is 0.759. The fourth-order valence-corrected chi connectivity index (χ4v) is 4.01. The molecule has 0 aliphatic heterocycles. The van der Waals surface area contributed by atoms with Crippen LogP contribution in [0.25, 0.3) is 33.7 Å². The number of fused-ring (bicyclic) bond motifs is 1. The van der Waals surface area contributed by atoms with Gasteiger partial charge in [0.25, 0.3) is 5.91 Å². The number of Topliss-reactive ketones (excluding diaryl/α,β-unsaturated/α-hetero) is 1. The van der Waals surface area contributed by atoms with Gasteiger partial charge in [0.05, 0.1) is 16.1 Å². The lowest BCUT2D eigenvalue weighted by Crippen LogP contribution is -2.13. The van der Waals surface area contributed by atoms with Gasteiger partial charge in [-0.25, -0.2) is 4.98 Å². The maximum Gasteiger partial charge on any atom is 0.256 e. The van der Waals surface area contributed by atoms with Gasteiger partial charge in [-0.15, -0.1) is 0 Å². The number of amides is 1. The van der Waals surface area contributed by atoms with Crippen LogP contribution in [0.4, 0.5) is 5.69 Å². The number of ketones is 1. The van der Waals surface area contributed by atoms with E-state index in [1.54, 1.807) is 36.4 Å². The van der Waals surface area contributed by atoms with Crippen molar-refractivity contribution in [2.24, 2.45) is 0 Å². The Morgan fingerprint density at radius 1 is 0.853 bits per heavy atom. The lowest BCUT2D eigenvalue weighted by atomic mass is 10.1. The van der Waals surface area contributed by atoms with Crippen molar-refractivity contribution in [3.63, 3.8) is 0 Å². The first kappa shape index (κ1) is 21.6. The molecule has 1 amide bonds. The molecule has 5 rings (SSSR count). The molecule has 0 saturated carbocycles. The number of hydrogen-bond acceptors (Lipinski definition) is 4. The highest BCUT2D eigenvalue weighted by Gasteiger charge is 2.17. The molecule has 0 atom stereocenters. The number of rotatable bonds is 5. The van der Waals surface area contributed by atoms with Crippen molar-refractivity contribution in [2.75, 3.05) is 5.32 Å². The molecular formula is C28H19ClN2O3. The number of halogens is 1. The lowest BCUT2D eigenvalue weighted by molar-refractivity contribution is 0.101. The van der Waals surface area contributed by atoms with Crippen LogP contribution in [0, 0.1) is 0 Å². The summed E-state index contributed by atoms with van der Waals surface area (Å²) in [6.07, 6.45) is 0. The van der Waals surface area contributed by atoms with E-state index in [4.69, 9.17) is 21.0 Å². The van der Waals surface area contributed by atoms with Crippen molar-refractivity contribution in [3.8, 4) is 22.8 Å². The van der Waals surface area contributed by atoms with E-state index in [9.17, 15) is 9.59 Å². The second kappa shape index (κ2) is 8.96. The number of furan rings is 1. The van der Waals surface area contributed by atoms with Crippen molar-refractivity contribution < 1.29 is 14.0 Å². The average molecular weight is 467 g/mol. The fraction of sp³-hybridized carbons (Fsp3) is 0.0357. The van der Waals surface area contributed by atoms with Crippen LogP contribution in [0.1, 0.15) is 27.6 Å². The number of anilines is 1. The Balaban J connectivity index is 1.55. The molecule has 0 saturated heterocycles. The molecule has 0 radical (unpaired) electrons. The van der Waals surface area contributed by atoms with Gasteiger partial charge < -0.3 is 9.73 Å². The molecule has 166 valence electrons. The van der Waals surface area contributed by atoms with Gasteiger partial charge in [-0.1, -0.05) is 54.1 Å². The number of carbonyl (C=O) groups is 2. The van der Waals surface area contributed by atoms with Crippen molar-refractivity contribution >= 4 is 39.9 Å². The van der Waals surface area contributed by atoms with E-state index >= 15 is 0 Å². The number of benzene rings is 3. The highest BCUT2D eigenvalue weighted by atomic mass is 35.5. The summed E-state index contributed by atoms with van der Waals surface area (Å²) in [6, 6.07) is 27.1. The number of nitrogens with zero attached hydrogens (tertiary/aromatic N) is 1. The molecule has 0 unspecified atom stereocenters. The Morgan fingerprint density at radius 2 is 1.62 bits per heavy atom. The smallest absolute Gasteiger partial charge is 0.256 e. The number of para-hydroxylation sites is 1. The van der Waals surface area contributed by atoms with E-state index in [2.05, 4.69) is 5.32 Å². The molecule has 2 heterocycles. The zero-order chi connectivity index (χ0) is 23.7. The summed E-state index contributed by atoms with van der Waals surface area (Å²) in [7, 11) is 0. The normalized spacial score (nSPS) is 10.9. The van der Waals surface area contributed by atoms with Crippen LogP contribution in [0.2, 0.25) is 5.02 Å². The predicted octanol–water partition coefficient (Wildman–Crippen LogP) is 7.27. The first-order valence-electron chi connectivity index (χ1n) is 10.7. The van der Waals surface area contributed by atoms with Gasteiger partial charge in [0.15, 0.2) is 11.5 Å². The zero-order valence-corrected chi connectivity index (χ0v) is 19.0. The summed E-state index contributed by atoms with van der Waals surface area (Å²) in [5, 5.41) is 4.19. The molecular weight excluding hydrogens is 448 g/mol. The third-order valence-electron chi connectivity index (χ3n) is 5.49. The molecule has 0 bridgehead atoms. The SMILES string of the molecule is CC(=O)c1cccc(NC(=O)c2cc(-c3ccc(-c4ccccc4Cl)o3)nc3ccccc23)c1. The molecule has 0 aliphatic carbocycles. The Kier molecular flexibility index (Phi) is 5.70. The first-order valence-corrected chi connectivity index (χ1v) is 11.0. The minimum atomic E-state index is -0.307. The predicted molar refractivity (Wildman–Crippen MR) is 134 cm³/mol. The number of nitrogens with one attached hydrogen (secondary N) is 1. The molecule has 0 fully saturated rings. The van der Waals surface area contributed by atoms with E-state index in [1.165, 1.54) is 6.92 Å². The third kappa shape index (κ3) is 4.21. The van der Waals surface area contributed by atoms with Crippen LogP contribution in [-0.4, -0.2) is 16.7 Å². The highest BCUT2D eigenvalue weighted by Crippen LogP contribution is 2.33. The van der Waals surface area contributed by atoms with Crippen LogP contribution in [0.5, 0.6) is 0 Å². The molecule has 6 heteroatoms. The number of pyridine rings is 1. The summed E-state index contributed by atoms with van der Waals surface area (Å²) >= 11 is 6.32. The Hall–Kier alpha value is -4.22.